The molecule has 0 aliphatic rings. The smallest absolute Gasteiger partial charge is 0.263 e. The maximum atomic E-state index is 12.6. The fourth-order valence-electron chi connectivity index (χ4n) is 2.32. The molecule has 1 amide bonds. The van der Waals surface area contributed by atoms with Gasteiger partial charge in [0, 0.05) is 24.8 Å². The van der Waals surface area contributed by atoms with Crippen LogP contribution in [0.4, 0.5) is 0 Å². The zero-order valence-electron chi connectivity index (χ0n) is 13.4. The lowest BCUT2D eigenvalue weighted by molar-refractivity contribution is 0.0941. The summed E-state index contributed by atoms with van der Waals surface area (Å²) in [7, 11) is 1.61. The summed E-state index contributed by atoms with van der Waals surface area (Å²) in [5, 5.41) is 3.72. The molecule has 0 atom stereocenters. The minimum atomic E-state index is -0.120. The summed E-state index contributed by atoms with van der Waals surface area (Å²) in [5.41, 5.74) is 2.66. The number of nitrogens with one attached hydrogen (secondary N) is 1. The summed E-state index contributed by atoms with van der Waals surface area (Å²) >= 11 is 1.41. The Morgan fingerprint density at radius 1 is 1.04 bits per heavy atom. The van der Waals surface area contributed by atoms with Gasteiger partial charge in [0.05, 0.1) is 12.3 Å². The van der Waals surface area contributed by atoms with Gasteiger partial charge in [0.2, 0.25) is 0 Å². The van der Waals surface area contributed by atoms with E-state index in [1.807, 2.05) is 60.7 Å². The molecular weight excluding hydrogens is 320 g/mol. The molecule has 0 saturated carbocycles. The van der Waals surface area contributed by atoms with Gasteiger partial charge in [-0.15, -0.1) is 11.3 Å². The van der Waals surface area contributed by atoms with Crippen molar-refractivity contribution in [1.82, 2.24) is 10.3 Å². The second kappa shape index (κ2) is 7.86. The van der Waals surface area contributed by atoms with Crippen LogP contribution in [-0.2, 0) is 4.74 Å². The van der Waals surface area contributed by atoms with E-state index in [0.29, 0.717) is 18.0 Å². The molecule has 2 aromatic carbocycles. The molecule has 24 heavy (non-hydrogen) atoms. The van der Waals surface area contributed by atoms with Crippen LogP contribution in [0, 0.1) is 0 Å². The lowest BCUT2D eigenvalue weighted by Gasteiger charge is -2.04. The van der Waals surface area contributed by atoms with Crippen molar-refractivity contribution in [2.45, 2.75) is 0 Å². The molecule has 1 heterocycles. The fourth-order valence-corrected chi connectivity index (χ4v) is 3.33. The quantitative estimate of drug-likeness (QED) is 0.695. The number of hydrogen-bond donors (Lipinski definition) is 1. The SMILES string of the molecule is COCCNC(=O)c1sc(-c2ccccc2)nc1-c1ccccc1. The summed E-state index contributed by atoms with van der Waals surface area (Å²) in [6, 6.07) is 19.7. The molecule has 1 N–H and O–H groups in total. The maximum Gasteiger partial charge on any atom is 0.263 e. The zero-order valence-corrected chi connectivity index (χ0v) is 14.2. The van der Waals surface area contributed by atoms with Gasteiger partial charge in [-0.2, -0.15) is 0 Å². The van der Waals surface area contributed by atoms with Crippen molar-refractivity contribution in [3.63, 3.8) is 0 Å². The predicted octanol–water partition coefficient (Wildman–Crippen LogP) is 3.85. The second-order valence-electron chi connectivity index (χ2n) is 5.18. The van der Waals surface area contributed by atoms with E-state index < -0.39 is 0 Å². The first-order valence-corrected chi connectivity index (χ1v) is 8.50. The molecule has 122 valence electrons. The highest BCUT2D eigenvalue weighted by atomic mass is 32.1. The van der Waals surface area contributed by atoms with Gasteiger partial charge in [0.25, 0.3) is 5.91 Å². The van der Waals surface area contributed by atoms with Crippen LogP contribution in [0.3, 0.4) is 0 Å². The average Bonchev–Trinajstić information content (AvgIpc) is 3.09. The van der Waals surface area contributed by atoms with E-state index >= 15 is 0 Å². The molecule has 4 nitrogen and oxygen atoms in total. The minimum Gasteiger partial charge on any atom is -0.383 e. The molecule has 3 rings (SSSR count). The number of amides is 1. The highest BCUT2D eigenvalue weighted by Gasteiger charge is 2.19. The fraction of sp³-hybridized carbons (Fsp3) is 0.158. The first-order chi connectivity index (χ1) is 11.8. The number of methoxy groups -OCH3 is 1. The van der Waals surface area contributed by atoms with Gasteiger partial charge >= 0.3 is 0 Å². The second-order valence-corrected chi connectivity index (χ2v) is 6.18. The van der Waals surface area contributed by atoms with Crippen LogP contribution < -0.4 is 5.32 Å². The van der Waals surface area contributed by atoms with Crippen LogP contribution in [0.25, 0.3) is 21.8 Å². The van der Waals surface area contributed by atoms with Crippen molar-refractivity contribution in [1.29, 1.82) is 0 Å². The molecule has 0 saturated heterocycles. The number of nitrogens with zero attached hydrogens (tertiary/aromatic N) is 1. The van der Waals surface area contributed by atoms with E-state index in [0.717, 1.165) is 21.8 Å². The van der Waals surface area contributed by atoms with Crippen molar-refractivity contribution >= 4 is 17.2 Å². The molecule has 5 heteroatoms. The van der Waals surface area contributed by atoms with Gasteiger partial charge in [-0.1, -0.05) is 60.7 Å². The van der Waals surface area contributed by atoms with Crippen molar-refractivity contribution in [3.8, 4) is 21.8 Å². The number of carbonyl (C=O) groups is 1. The first kappa shape index (κ1) is 16.4. The van der Waals surface area contributed by atoms with E-state index in [2.05, 4.69) is 5.32 Å². The Kier molecular flexibility index (Phi) is 5.36. The zero-order chi connectivity index (χ0) is 16.8. The number of carbonyl (C=O) groups excluding carboxylic acids is 1. The number of thiazole rings is 1. The Balaban J connectivity index is 1.99. The summed E-state index contributed by atoms with van der Waals surface area (Å²) in [6.45, 7) is 0.957. The topological polar surface area (TPSA) is 51.2 Å². The Labute approximate surface area is 145 Å². The standard InChI is InChI=1S/C19H18N2O2S/c1-23-13-12-20-18(22)17-16(14-8-4-2-5-9-14)21-19(24-17)15-10-6-3-7-11-15/h2-11H,12-13H2,1H3,(H,20,22). The molecule has 0 aliphatic carbocycles. The molecule has 0 bridgehead atoms. The summed E-state index contributed by atoms with van der Waals surface area (Å²) in [5.74, 6) is -0.120. The van der Waals surface area contributed by atoms with E-state index in [-0.39, 0.29) is 5.91 Å². The Morgan fingerprint density at radius 3 is 2.29 bits per heavy atom. The van der Waals surface area contributed by atoms with Crippen molar-refractivity contribution in [3.05, 3.63) is 65.5 Å². The van der Waals surface area contributed by atoms with Crippen LogP contribution in [0.1, 0.15) is 9.67 Å². The van der Waals surface area contributed by atoms with Crippen LogP contribution in [-0.4, -0.2) is 31.2 Å². The molecule has 0 unspecified atom stereocenters. The molecule has 3 aromatic rings. The molecular formula is C19H18N2O2S. The van der Waals surface area contributed by atoms with Crippen molar-refractivity contribution in [2.24, 2.45) is 0 Å². The Morgan fingerprint density at radius 2 is 1.67 bits per heavy atom. The lowest BCUT2D eigenvalue weighted by Crippen LogP contribution is -2.26. The average molecular weight is 338 g/mol. The summed E-state index contributed by atoms with van der Waals surface area (Å²) < 4.78 is 4.99. The Bertz CT molecular complexity index is 801. The van der Waals surface area contributed by atoms with E-state index in [4.69, 9.17) is 9.72 Å². The summed E-state index contributed by atoms with van der Waals surface area (Å²) in [6.07, 6.45) is 0. The van der Waals surface area contributed by atoms with Crippen LogP contribution in [0.15, 0.2) is 60.7 Å². The predicted molar refractivity (Wildman–Crippen MR) is 97.2 cm³/mol. The van der Waals surface area contributed by atoms with Gasteiger partial charge in [-0.25, -0.2) is 4.98 Å². The molecule has 0 fully saturated rings. The van der Waals surface area contributed by atoms with Gasteiger partial charge < -0.3 is 10.1 Å². The normalized spacial score (nSPS) is 10.5. The van der Waals surface area contributed by atoms with E-state index in [1.165, 1.54) is 11.3 Å². The molecule has 0 spiro atoms. The van der Waals surface area contributed by atoms with Crippen LogP contribution in [0.5, 0.6) is 0 Å². The van der Waals surface area contributed by atoms with Gasteiger partial charge in [0.15, 0.2) is 0 Å². The van der Waals surface area contributed by atoms with Crippen LogP contribution >= 0.6 is 11.3 Å². The van der Waals surface area contributed by atoms with Gasteiger partial charge in [-0.3, -0.25) is 4.79 Å². The number of hydrogen-bond acceptors (Lipinski definition) is 4. The van der Waals surface area contributed by atoms with Gasteiger partial charge in [-0.05, 0) is 0 Å². The third-order valence-corrected chi connectivity index (χ3v) is 4.60. The molecule has 0 aliphatic heterocycles. The monoisotopic (exact) mass is 338 g/mol. The third-order valence-electron chi connectivity index (χ3n) is 3.49. The number of aromatic nitrogens is 1. The van der Waals surface area contributed by atoms with Crippen LogP contribution in [0.2, 0.25) is 0 Å². The lowest BCUT2D eigenvalue weighted by atomic mass is 10.1. The highest BCUT2D eigenvalue weighted by Crippen LogP contribution is 2.33. The van der Waals surface area contributed by atoms with Crippen molar-refractivity contribution < 1.29 is 9.53 Å². The third kappa shape index (κ3) is 3.69. The Hall–Kier alpha value is -2.50. The number of benzene rings is 2. The first-order valence-electron chi connectivity index (χ1n) is 7.68. The highest BCUT2D eigenvalue weighted by molar-refractivity contribution is 7.17. The van der Waals surface area contributed by atoms with E-state index in [1.54, 1.807) is 7.11 Å². The molecule has 0 radical (unpaired) electrons. The van der Waals surface area contributed by atoms with Crippen molar-refractivity contribution in [2.75, 3.05) is 20.3 Å². The largest absolute Gasteiger partial charge is 0.383 e. The molecule has 1 aromatic heterocycles. The maximum absolute atomic E-state index is 12.6. The van der Waals surface area contributed by atoms with E-state index in [9.17, 15) is 4.79 Å². The number of ether oxygens (including phenoxy) is 1. The number of rotatable bonds is 6. The summed E-state index contributed by atoms with van der Waals surface area (Å²) in [4.78, 5) is 17.9. The van der Waals surface area contributed by atoms with Gasteiger partial charge in [0.1, 0.15) is 9.88 Å². The minimum absolute atomic E-state index is 0.120.